The summed E-state index contributed by atoms with van der Waals surface area (Å²) in [6.07, 6.45) is 1.83. The molecule has 0 spiro atoms. The molecule has 0 saturated heterocycles. The van der Waals surface area contributed by atoms with Crippen LogP contribution in [0.1, 0.15) is 11.1 Å². The number of rotatable bonds is 2. The summed E-state index contributed by atoms with van der Waals surface area (Å²) in [7, 11) is 1.68. The molecule has 0 atom stereocenters. The molecule has 2 nitrogen and oxygen atoms in total. The smallest absolute Gasteiger partial charge is 0.119 e. The Bertz CT molecular complexity index is 506. The van der Waals surface area contributed by atoms with Gasteiger partial charge in [-0.1, -0.05) is 6.07 Å². The minimum Gasteiger partial charge on any atom is -0.497 e. The summed E-state index contributed by atoms with van der Waals surface area (Å²) >= 11 is 0. The minimum atomic E-state index is 0.884. The molecule has 2 aromatic rings. The van der Waals surface area contributed by atoms with Crippen LogP contribution in [0, 0.1) is 13.8 Å². The zero-order chi connectivity index (χ0) is 11.5. The van der Waals surface area contributed by atoms with Gasteiger partial charge in [-0.3, -0.25) is 4.98 Å². The molecule has 0 unspecified atom stereocenters. The Labute approximate surface area is 95.9 Å². The quantitative estimate of drug-likeness (QED) is 0.763. The van der Waals surface area contributed by atoms with E-state index >= 15 is 0 Å². The predicted octanol–water partition coefficient (Wildman–Crippen LogP) is 3.37. The van der Waals surface area contributed by atoms with E-state index in [9.17, 15) is 0 Å². The van der Waals surface area contributed by atoms with E-state index in [-0.39, 0.29) is 0 Å². The van der Waals surface area contributed by atoms with Crippen LogP contribution in [-0.4, -0.2) is 12.1 Å². The second kappa shape index (κ2) is 4.35. The third kappa shape index (κ3) is 1.91. The first-order valence-corrected chi connectivity index (χ1v) is 5.29. The van der Waals surface area contributed by atoms with E-state index in [4.69, 9.17) is 4.74 Å². The maximum absolute atomic E-state index is 5.20. The highest BCUT2D eigenvalue weighted by Crippen LogP contribution is 2.27. The lowest BCUT2D eigenvalue weighted by Gasteiger charge is -2.09. The van der Waals surface area contributed by atoms with Gasteiger partial charge in [0.2, 0.25) is 0 Å². The first-order valence-electron chi connectivity index (χ1n) is 5.29. The van der Waals surface area contributed by atoms with E-state index in [0.717, 1.165) is 11.4 Å². The van der Waals surface area contributed by atoms with Crippen LogP contribution in [0.3, 0.4) is 0 Å². The first-order chi connectivity index (χ1) is 7.72. The number of hydrogen-bond donors (Lipinski definition) is 0. The van der Waals surface area contributed by atoms with Gasteiger partial charge in [-0.15, -0.1) is 0 Å². The molecule has 0 amide bonds. The summed E-state index contributed by atoms with van der Waals surface area (Å²) in [4.78, 5) is 4.42. The summed E-state index contributed by atoms with van der Waals surface area (Å²) in [5, 5.41) is 0. The third-order valence-electron chi connectivity index (χ3n) is 2.70. The van der Waals surface area contributed by atoms with Gasteiger partial charge in [0.05, 0.1) is 12.8 Å². The van der Waals surface area contributed by atoms with Crippen molar-refractivity contribution >= 4 is 0 Å². The fourth-order valence-corrected chi connectivity index (χ4v) is 1.80. The molecule has 0 aliphatic carbocycles. The number of aromatic nitrogens is 1. The van der Waals surface area contributed by atoms with Crippen molar-refractivity contribution in [3.8, 4) is 17.0 Å². The molecule has 0 fully saturated rings. The van der Waals surface area contributed by atoms with Crippen molar-refractivity contribution in [2.24, 2.45) is 0 Å². The van der Waals surface area contributed by atoms with Gasteiger partial charge in [-0.05, 0) is 49.2 Å². The Kier molecular flexibility index (Phi) is 2.91. The molecule has 82 valence electrons. The van der Waals surface area contributed by atoms with Crippen LogP contribution in [0.25, 0.3) is 11.3 Å². The molecule has 1 heterocycles. The largest absolute Gasteiger partial charge is 0.497 e. The number of methoxy groups -OCH3 is 1. The second-order valence-electron chi connectivity index (χ2n) is 3.85. The van der Waals surface area contributed by atoms with Crippen molar-refractivity contribution in [1.82, 2.24) is 4.98 Å². The van der Waals surface area contributed by atoms with E-state index in [2.05, 4.69) is 31.0 Å². The number of benzene rings is 1. The van der Waals surface area contributed by atoms with Crippen LogP contribution in [0.2, 0.25) is 0 Å². The lowest BCUT2D eigenvalue weighted by Crippen LogP contribution is -1.91. The highest BCUT2D eigenvalue weighted by Gasteiger charge is 2.06. The SMILES string of the molecule is COc1ccc(-c2ncccc2C)c(C)c1. The summed E-state index contributed by atoms with van der Waals surface area (Å²) in [5.41, 5.74) is 4.58. The number of pyridine rings is 1. The van der Waals surface area contributed by atoms with Gasteiger partial charge in [0, 0.05) is 11.8 Å². The Morgan fingerprint density at radius 1 is 1.06 bits per heavy atom. The zero-order valence-corrected chi connectivity index (χ0v) is 9.82. The third-order valence-corrected chi connectivity index (χ3v) is 2.70. The van der Waals surface area contributed by atoms with Crippen molar-refractivity contribution in [2.75, 3.05) is 7.11 Å². The Balaban J connectivity index is 2.53. The highest BCUT2D eigenvalue weighted by atomic mass is 16.5. The molecule has 0 N–H and O–H groups in total. The molecule has 16 heavy (non-hydrogen) atoms. The van der Waals surface area contributed by atoms with Crippen molar-refractivity contribution < 1.29 is 4.74 Å². The van der Waals surface area contributed by atoms with E-state index in [0.29, 0.717) is 0 Å². The molecule has 1 aromatic heterocycles. The van der Waals surface area contributed by atoms with Crippen molar-refractivity contribution in [1.29, 1.82) is 0 Å². The molecule has 1 aromatic carbocycles. The fourth-order valence-electron chi connectivity index (χ4n) is 1.80. The molecule has 0 aliphatic heterocycles. The first kappa shape index (κ1) is 10.7. The van der Waals surface area contributed by atoms with Gasteiger partial charge in [0.15, 0.2) is 0 Å². The summed E-state index contributed by atoms with van der Waals surface area (Å²) in [6.45, 7) is 4.15. The average Bonchev–Trinajstić information content (AvgIpc) is 2.30. The van der Waals surface area contributed by atoms with Crippen LogP contribution in [0.15, 0.2) is 36.5 Å². The Morgan fingerprint density at radius 3 is 2.50 bits per heavy atom. The zero-order valence-electron chi connectivity index (χ0n) is 9.82. The van der Waals surface area contributed by atoms with Crippen LogP contribution < -0.4 is 4.74 Å². The highest BCUT2D eigenvalue weighted by molar-refractivity contribution is 5.67. The lowest BCUT2D eigenvalue weighted by molar-refractivity contribution is 0.414. The summed E-state index contributed by atoms with van der Waals surface area (Å²) < 4.78 is 5.20. The molecule has 0 bridgehead atoms. The Morgan fingerprint density at radius 2 is 1.88 bits per heavy atom. The number of ether oxygens (including phenoxy) is 1. The van der Waals surface area contributed by atoms with E-state index < -0.39 is 0 Å². The standard InChI is InChI=1S/C14H15NO/c1-10-5-4-8-15-14(10)13-7-6-12(16-3)9-11(13)2/h4-9H,1-3H3. The van der Waals surface area contributed by atoms with Crippen molar-refractivity contribution in [2.45, 2.75) is 13.8 Å². The molecule has 0 saturated carbocycles. The van der Waals surface area contributed by atoms with E-state index in [1.165, 1.54) is 16.7 Å². The van der Waals surface area contributed by atoms with Crippen LogP contribution in [0.5, 0.6) is 5.75 Å². The van der Waals surface area contributed by atoms with Crippen molar-refractivity contribution in [3.63, 3.8) is 0 Å². The number of aryl methyl sites for hydroxylation is 2. The molecular formula is C14H15NO. The second-order valence-corrected chi connectivity index (χ2v) is 3.85. The van der Waals surface area contributed by atoms with Crippen LogP contribution >= 0.6 is 0 Å². The minimum absolute atomic E-state index is 0.884. The van der Waals surface area contributed by atoms with Gasteiger partial charge in [0.1, 0.15) is 5.75 Å². The number of nitrogens with zero attached hydrogens (tertiary/aromatic N) is 1. The van der Waals surface area contributed by atoms with Gasteiger partial charge in [0.25, 0.3) is 0 Å². The van der Waals surface area contributed by atoms with Gasteiger partial charge in [-0.25, -0.2) is 0 Å². The van der Waals surface area contributed by atoms with Crippen LogP contribution in [-0.2, 0) is 0 Å². The fraction of sp³-hybridized carbons (Fsp3) is 0.214. The van der Waals surface area contributed by atoms with E-state index in [1.54, 1.807) is 7.11 Å². The molecule has 0 aliphatic rings. The molecule has 0 radical (unpaired) electrons. The lowest BCUT2D eigenvalue weighted by atomic mass is 10.0. The Hall–Kier alpha value is -1.83. The molecular weight excluding hydrogens is 198 g/mol. The van der Waals surface area contributed by atoms with Gasteiger partial charge < -0.3 is 4.74 Å². The normalized spacial score (nSPS) is 10.2. The maximum Gasteiger partial charge on any atom is 0.119 e. The van der Waals surface area contributed by atoms with Gasteiger partial charge >= 0.3 is 0 Å². The van der Waals surface area contributed by atoms with Crippen LogP contribution in [0.4, 0.5) is 0 Å². The molecule has 2 rings (SSSR count). The average molecular weight is 213 g/mol. The van der Waals surface area contributed by atoms with E-state index in [1.807, 2.05) is 24.4 Å². The number of hydrogen-bond acceptors (Lipinski definition) is 2. The topological polar surface area (TPSA) is 22.1 Å². The van der Waals surface area contributed by atoms with Gasteiger partial charge in [-0.2, -0.15) is 0 Å². The monoisotopic (exact) mass is 213 g/mol. The van der Waals surface area contributed by atoms with Crippen molar-refractivity contribution in [3.05, 3.63) is 47.7 Å². The predicted molar refractivity (Wildman–Crippen MR) is 65.7 cm³/mol. The molecule has 2 heteroatoms. The summed E-state index contributed by atoms with van der Waals surface area (Å²) in [5.74, 6) is 0.884. The maximum atomic E-state index is 5.20. The summed E-state index contributed by atoms with van der Waals surface area (Å²) in [6, 6.07) is 10.1.